The Morgan fingerprint density at radius 3 is 1.25 bits per heavy atom. The summed E-state index contributed by atoms with van der Waals surface area (Å²) in [5.41, 5.74) is 24.3. The summed E-state index contributed by atoms with van der Waals surface area (Å²) in [5, 5.41) is 32.6. The maximum Gasteiger partial charge on any atom is 0.246 e. The molecule has 1 unspecified atom stereocenters. The lowest BCUT2D eigenvalue weighted by Crippen LogP contribution is -2.62. The molecule has 15 atom stereocenters. The van der Waals surface area contributed by atoms with E-state index in [0.29, 0.717) is 57.2 Å². The molecule has 2 aliphatic carbocycles. The molecule has 0 aromatic heterocycles. The lowest BCUT2D eigenvalue weighted by atomic mass is 9.83. The molecule has 108 heavy (non-hydrogen) atoms. The van der Waals surface area contributed by atoms with Gasteiger partial charge in [0.1, 0.15) is 60.7 Å². The summed E-state index contributed by atoms with van der Waals surface area (Å²) >= 11 is 0. The van der Waals surface area contributed by atoms with Crippen LogP contribution in [0.25, 0.3) is 0 Å². The van der Waals surface area contributed by atoms with E-state index < -0.39 is 138 Å². The molecule has 616 valence electrons. The normalized spacial score (nSPS) is 28.0. The fourth-order valence-corrected chi connectivity index (χ4v) is 14.5. The van der Waals surface area contributed by atoms with Crippen molar-refractivity contribution in [2.45, 2.75) is 296 Å². The Morgan fingerprint density at radius 2 is 0.880 bits per heavy atom. The van der Waals surface area contributed by atoms with Crippen LogP contribution >= 0.6 is 0 Å². The van der Waals surface area contributed by atoms with E-state index in [1.54, 1.807) is 40.1 Å². The Bertz CT molecular complexity index is 2880. The Balaban J connectivity index is 0.000000458. The number of aliphatic hydroxyl groups excluding tert-OH is 1. The standard InChI is InChI=1S/C42H71N7O7.C37H69N7O8/c1-7-8-9-13-16-36-29(5)42(54)49(6)35(23-27(2)3)40(52)48-37(31-14-11-10-12-15-31)41(53)46-33(24-44)38(50)47-34(39(51)45-28(4)25-56-36)26-55-32-19-17-30(18-20-32)21-22-43;1-7-8-9-13-16-31-25(5)37(50)44(6)30(17-23(2)3)35(48)43-32(26-14-11-10-12-15-26)36(49)41-28(19-39)33(46)42-29(22-51-21-27(45)18-38)34(47)40-24(4)20-52-31/h17-20,27-29,31,33-37H,7-16,21-26,43-44H2,1-6H3,(H,45,51)(H,46,53)(H,47,50)(H,48,52);23-32,45H,7-22,38-39H2,1-6H3,(H,40,47)(H,41,49)(H,42,46)(H,43,48)/t28-,29-,33+,34+,35+,36-,37+;24-,25-,27?,28+,29+,30+,31-,32+/m11/s1. The van der Waals surface area contributed by atoms with Gasteiger partial charge in [-0.15, -0.1) is 0 Å². The number of aliphatic hydroxyl groups is 1. The molecule has 2 saturated carbocycles. The first kappa shape index (κ1) is 93.8. The van der Waals surface area contributed by atoms with Crippen LogP contribution in [0.4, 0.5) is 0 Å². The maximum absolute atomic E-state index is 14.3. The van der Waals surface area contributed by atoms with Gasteiger partial charge in [0, 0.05) is 45.8 Å². The van der Waals surface area contributed by atoms with Crippen LogP contribution in [0.5, 0.6) is 5.75 Å². The second-order valence-corrected chi connectivity index (χ2v) is 31.4. The van der Waals surface area contributed by atoms with E-state index in [2.05, 4.69) is 56.4 Å². The van der Waals surface area contributed by atoms with E-state index in [9.17, 15) is 53.1 Å². The summed E-state index contributed by atoms with van der Waals surface area (Å²) in [7, 11) is 3.27. The van der Waals surface area contributed by atoms with E-state index in [1.165, 1.54) is 9.80 Å². The second kappa shape index (κ2) is 50.3. The number of nitrogens with one attached hydrogen (secondary N) is 8. The molecule has 1 aromatic rings. The highest BCUT2D eigenvalue weighted by Gasteiger charge is 2.42. The minimum Gasteiger partial charge on any atom is -0.491 e. The smallest absolute Gasteiger partial charge is 0.246 e. The van der Waals surface area contributed by atoms with Crippen molar-refractivity contribution >= 4 is 59.1 Å². The molecule has 29 heteroatoms. The molecule has 17 N–H and O–H groups in total. The summed E-state index contributed by atoms with van der Waals surface area (Å²) in [6, 6.07) is -2.10. The number of amides is 10. The van der Waals surface area contributed by atoms with Gasteiger partial charge in [0.15, 0.2) is 0 Å². The zero-order chi connectivity index (χ0) is 80.0. The molecule has 4 aliphatic rings. The summed E-state index contributed by atoms with van der Waals surface area (Å²) in [6.07, 6.45) is 17.2. The summed E-state index contributed by atoms with van der Waals surface area (Å²) < 4.78 is 24.3. The minimum absolute atomic E-state index is 0.0495. The van der Waals surface area contributed by atoms with E-state index in [1.807, 2.05) is 53.7 Å². The van der Waals surface area contributed by atoms with E-state index >= 15 is 0 Å². The average molecular weight is 1530 g/mol. The predicted octanol–water partition coefficient (Wildman–Crippen LogP) is 3.64. The molecule has 29 nitrogen and oxygen atoms in total. The molecule has 2 heterocycles. The van der Waals surface area contributed by atoms with Crippen LogP contribution in [0.1, 0.15) is 216 Å². The van der Waals surface area contributed by atoms with Gasteiger partial charge in [0.25, 0.3) is 0 Å². The summed E-state index contributed by atoms with van der Waals surface area (Å²) in [5.74, 6) is -5.80. The Kier molecular flexibility index (Phi) is 43.7. The van der Waals surface area contributed by atoms with Crippen molar-refractivity contribution in [3.8, 4) is 5.75 Å². The quantitative estimate of drug-likeness (QED) is 0.0533. The minimum atomic E-state index is -1.23. The van der Waals surface area contributed by atoms with Gasteiger partial charge in [0.2, 0.25) is 59.1 Å². The SMILES string of the molecule is CCCCCC[C@H]1OC[C@@H](C)NC(=O)[C@H](COCC(O)CN)NC(=O)[C@H](CN)NC(=O)[C@H](C2CCCCC2)NC(=O)[C@H](CC(C)C)N(C)C(=O)[C@@H]1C.CCCCCC[C@H]1OC[C@@H](C)NC(=O)[C@H](COc2ccc(CCN)cc2)NC(=O)[C@H](CN)NC(=O)[C@H](C2CCCCC2)NC(=O)[C@H](CC(C)C)N(C)C(=O)[C@@H]1C. The molecule has 4 fully saturated rings. The number of likely N-dealkylation sites (N-methyl/N-ethyl adjacent to an activating group) is 2. The highest BCUT2D eigenvalue weighted by Crippen LogP contribution is 2.31. The van der Waals surface area contributed by atoms with Crippen molar-refractivity contribution in [3.63, 3.8) is 0 Å². The van der Waals surface area contributed by atoms with Crippen LogP contribution in [-0.2, 0) is 68.6 Å². The molecule has 0 radical (unpaired) electrons. The lowest BCUT2D eigenvalue weighted by molar-refractivity contribution is -0.147. The average Bonchev–Trinajstić information content (AvgIpc) is 1.05. The van der Waals surface area contributed by atoms with Crippen LogP contribution in [0, 0.1) is 35.5 Å². The maximum atomic E-state index is 14.3. The summed E-state index contributed by atoms with van der Waals surface area (Å²) in [4.78, 5) is 143. The van der Waals surface area contributed by atoms with Crippen molar-refractivity contribution in [1.82, 2.24) is 52.3 Å². The molecular formula is C79H140N14O15. The molecule has 1 aromatic carbocycles. The molecule has 10 amide bonds. The number of unbranched alkanes of at least 4 members (excludes halogenated alkanes) is 6. The van der Waals surface area contributed by atoms with Crippen molar-refractivity contribution in [1.29, 1.82) is 0 Å². The van der Waals surface area contributed by atoms with Crippen LogP contribution in [0.3, 0.4) is 0 Å². The molecule has 2 saturated heterocycles. The van der Waals surface area contributed by atoms with Gasteiger partial charge in [-0.2, -0.15) is 0 Å². The second-order valence-electron chi connectivity index (χ2n) is 31.4. The zero-order valence-electron chi connectivity index (χ0n) is 67.3. The predicted molar refractivity (Wildman–Crippen MR) is 416 cm³/mol. The van der Waals surface area contributed by atoms with Gasteiger partial charge >= 0.3 is 0 Å². The van der Waals surface area contributed by atoms with Crippen LogP contribution in [-0.4, -0.2) is 226 Å². The first-order chi connectivity index (χ1) is 51.5. The number of nitrogens with zero attached hydrogens (tertiary/aromatic N) is 2. The number of nitrogens with two attached hydrogens (primary N) is 4. The van der Waals surface area contributed by atoms with E-state index in [-0.39, 0.29) is 88.2 Å². The van der Waals surface area contributed by atoms with Gasteiger partial charge in [-0.3, -0.25) is 47.9 Å². The molecular weight excluding hydrogens is 1380 g/mol. The summed E-state index contributed by atoms with van der Waals surface area (Å²) in [6.45, 7) is 18.8. The third-order valence-electron chi connectivity index (χ3n) is 21.1. The highest BCUT2D eigenvalue weighted by atomic mass is 16.5. The van der Waals surface area contributed by atoms with Crippen LogP contribution in [0.15, 0.2) is 24.3 Å². The monoisotopic (exact) mass is 1530 g/mol. The topological polar surface area (TPSA) is 435 Å². The first-order valence-electron chi connectivity index (χ1n) is 40.5. The van der Waals surface area contributed by atoms with Crippen molar-refractivity contribution < 1.29 is 72.0 Å². The fraction of sp³-hybridized carbons (Fsp3) is 0.797. The lowest BCUT2D eigenvalue weighted by Gasteiger charge is -2.36. The van der Waals surface area contributed by atoms with Gasteiger partial charge in [-0.25, -0.2) is 0 Å². The first-order valence-corrected chi connectivity index (χ1v) is 40.5. The van der Waals surface area contributed by atoms with Crippen LogP contribution < -0.4 is 70.2 Å². The molecule has 0 spiro atoms. The number of hydrogen-bond donors (Lipinski definition) is 13. The van der Waals surface area contributed by atoms with Gasteiger partial charge in [-0.05, 0) is 120 Å². The van der Waals surface area contributed by atoms with Gasteiger partial charge < -0.3 is 99.3 Å². The zero-order valence-corrected chi connectivity index (χ0v) is 67.3. The number of carbonyl (C=O) groups excluding carboxylic acids is 10. The number of rotatable bonds is 28. The van der Waals surface area contributed by atoms with Crippen molar-refractivity contribution in [2.75, 3.05) is 73.3 Å². The van der Waals surface area contributed by atoms with E-state index in [0.717, 1.165) is 108 Å². The third kappa shape index (κ3) is 32.0. The van der Waals surface area contributed by atoms with Crippen molar-refractivity contribution in [3.05, 3.63) is 29.8 Å². The highest BCUT2D eigenvalue weighted by molar-refractivity contribution is 5.97. The Hall–Kier alpha value is -6.60. The molecule has 2 aliphatic heterocycles. The van der Waals surface area contributed by atoms with Gasteiger partial charge in [-0.1, -0.05) is 157 Å². The Labute approximate surface area is 643 Å². The fourth-order valence-electron chi connectivity index (χ4n) is 14.5. The number of ether oxygens (including phenoxy) is 4. The largest absolute Gasteiger partial charge is 0.491 e. The number of carbonyl (C=O) groups is 10. The third-order valence-corrected chi connectivity index (χ3v) is 21.1. The van der Waals surface area contributed by atoms with Gasteiger partial charge in [0.05, 0.1) is 56.6 Å². The number of hydrogen-bond acceptors (Lipinski definition) is 19. The molecule has 5 rings (SSSR count). The van der Waals surface area contributed by atoms with Crippen LogP contribution in [0.2, 0.25) is 0 Å². The number of benzene rings is 1. The molecule has 0 bridgehead atoms. The Morgan fingerprint density at radius 1 is 0.491 bits per heavy atom. The van der Waals surface area contributed by atoms with Crippen molar-refractivity contribution in [2.24, 2.45) is 58.4 Å². The van der Waals surface area contributed by atoms with E-state index in [4.69, 9.17) is 41.9 Å².